The van der Waals surface area contributed by atoms with Crippen LogP contribution in [0.1, 0.15) is 120 Å². The second-order valence-electron chi connectivity index (χ2n) is 21.3. The minimum Gasteiger partial charge on any atom is -0.481 e. The molecule has 0 spiro atoms. The van der Waals surface area contributed by atoms with Gasteiger partial charge in [0.1, 0.15) is 55.4 Å². The van der Waals surface area contributed by atoms with Crippen molar-refractivity contribution in [2.24, 2.45) is 50.2 Å². The molecule has 0 amide bonds. The highest BCUT2D eigenvalue weighted by Crippen LogP contribution is 2.76. The van der Waals surface area contributed by atoms with E-state index in [-0.39, 0.29) is 39.6 Å². The molecule has 6 fully saturated rings. The molecule has 7 aliphatic rings. The Morgan fingerprint density at radius 3 is 2.07 bits per heavy atom. The lowest BCUT2D eigenvalue weighted by atomic mass is 9.33. The van der Waals surface area contributed by atoms with Crippen molar-refractivity contribution in [3.8, 4) is 0 Å². The molecule has 0 aromatic rings. The number of hydrogen-bond donors (Lipinski definition) is 7. The minimum absolute atomic E-state index is 0.0251. The molecule has 14 heteroatoms. The molecule has 0 aromatic heterocycles. The van der Waals surface area contributed by atoms with Gasteiger partial charge in [-0.15, -0.1) is 0 Å². The number of esters is 1. The van der Waals surface area contributed by atoms with Gasteiger partial charge in [-0.25, -0.2) is 0 Å². The molecule has 14 nitrogen and oxygen atoms in total. The van der Waals surface area contributed by atoms with Gasteiger partial charge < -0.3 is 59.4 Å². The summed E-state index contributed by atoms with van der Waals surface area (Å²) in [6.07, 6.45) is -4.75. The maximum absolute atomic E-state index is 13.1. The molecule has 2 aliphatic heterocycles. The molecule has 0 unspecified atom stereocenters. The summed E-state index contributed by atoms with van der Waals surface area (Å²) in [6.45, 7) is 16.5. The van der Waals surface area contributed by atoms with E-state index in [1.54, 1.807) is 0 Å². The van der Waals surface area contributed by atoms with Crippen LogP contribution in [0.2, 0.25) is 0 Å². The molecular weight excluding hydrogens is 752 g/mol. The number of hydrogen-bond acceptors (Lipinski definition) is 13. The zero-order valence-electron chi connectivity index (χ0n) is 35.6. The van der Waals surface area contributed by atoms with Crippen molar-refractivity contribution in [3.05, 3.63) is 11.6 Å². The van der Waals surface area contributed by atoms with Gasteiger partial charge in [-0.3, -0.25) is 9.59 Å². The predicted octanol–water partition coefficient (Wildman–Crippen LogP) is 3.45. The van der Waals surface area contributed by atoms with Gasteiger partial charge in [0.05, 0.1) is 18.1 Å². The average Bonchev–Trinajstić information content (AvgIpc) is 3.14. The Bertz CT molecular complexity index is 1600. The van der Waals surface area contributed by atoms with Gasteiger partial charge in [0, 0.05) is 6.92 Å². The molecule has 330 valence electrons. The molecule has 5 aliphatic carbocycles. The van der Waals surface area contributed by atoms with Crippen molar-refractivity contribution in [1.29, 1.82) is 0 Å². The molecule has 58 heavy (non-hydrogen) atoms. The highest BCUT2D eigenvalue weighted by Gasteiger charge is 2.69. The van der Waals surface area contributed by atoms with Crippen molar-refractivity contribution in [2.45, 2.75) is 187 Å². The summed E-state index contributed by atoms with van der Waals surface area (Å²) < 4.78 is 29.2. The Balaban J connectivity index is 1.10. The molecule has 0 bridgehead atoms. The van der Waals surface area contributed by atoms with E-state index in [2.05, 4.69) is 54.5 Å². The minimum atomic E-state index is -1.79. The fourth-order valence-electron chi connectivity index (χ4n) is 13.9. The quantitative estimate of drug-likeness (QED) is 0.106. The van der Waals surface area contributed by atoms with Crippen LogP contribution in [-0.4, -0.2) is 128 Å². The first kappa shape index (κ1) is 44.3. The number of ether oxygens (including phenoxy) is 5. The Morgan fingerprint density at radius 2 is 1.41 bits per heavy atom. The first-order valence-corrected chi connectivity index (χ1v) is 21.7. The lowest BCUT2D eigenvalue weighted by molar-refractivity contribution is -0.369. The summed E-state index contributed by atoms with van der Waals surface area (Å²) in [6, 6.07) is 0. The first-order valence-electron chi connectivity index (χ1n) is 21.7. The molecular formula is C44H70O14. The molecule has 0 aromatic carbocycles. The third-order valence-corrected chi connectivity index (χ3v) is 17.5. The van der Waals surface area contributed by atoms with E-state index >= 15 is 0 Å². The lowest BCUT2D eigenvalue weighted by Gasteiger charge is -2.71. The van der Waals surface area contributed by atoms with E-state index in [4.69, 9.17) is 23.7 Å². The van der Waals surface area contributed by atoms with E-state index in [0.717, 1.165) is 51.4 Å². The molecule has 2 saturated heterocycles. The lowest BCUT2D eigenvalue weighted by Crippen LogP contribution is -2.67. The van der Waals surface area contributed by atoms with Crippen LogP contribution >= 0.6 is 0 Å². The number of carboxylic acid groups (broad SMARTS) is 1. The smallest absolute Gasteiger partial charge is 0.310 e. The summed E-state index contributed by atoms with van der Waals surface area (Å²) in [5.41, 5.74) is 0.206. The van der Waals surface area contributed by atoms with Gasteiger partial charge in [-0.2, -0.15) is 0 Å². The first-order chi connectivity index (χ1) is 27.0. The third-order valence-electron chi connectivity index (χ3n) is 17.5. The number of carbonyl (C=O) groups excluding carboxylic acids is 1. The van der Waals surface area contributed by atoms with Gasteiger partial charge in [-0.05, 0) is 109 Å². The number of aliphatic hydroxyl groups is 6. The van der Waals surface area contributed by atoms with Gasteiger partial charge in [0.15, 0.2) is 12.6 Å². The molecule has 18 atom stereocenters. The van der Waals surface area contributed by atoms with Crippen LogP contribution in [0.5, 0.6) is 0 Å². The average molecular weight is 823 g/mol. The molecule has 4 saturated carbocycles. The monoisotopic (exact) mass is 822 g/mol. The van der Waals surface area contributed by atoms with Gasteiger partial charge in [0.25, 0.3) is 0 Å². The summed E-state index contributed by atoms with van der Waals surface area (Å²) in [5.74, 6) is -0.634. The second-order valence-corrected chi connectivity index (χ2v) is 21.3. The van der Waals surface area contributed by atoms with Crippen molar-refractivity contribution < 1.29 is 69.0 Å². The Morgan fingerprint density at radius 1 is 0.759 bits per heavy atom. The van der Waals surface area contributed by atoms with E-state index < -0.39 is 97.4 Å². The van der Waals surface area contributed by atoms with Crippen molar-refractivity contribution in [1.82, 2.24) is 0 Å². The van der Waals surface area contributed by atoms with Crippen LogP contribution in [0, 0.1) is 50.2 Å². The fraction of sp³-hybridized carbons (Fsp3) is 0.909. The fourth-order valence-corrected chi connectivity index (χ4v) is 13.9. The second kappa shape index (κ2) is 15.3. The molecule has 2 heterocycles. The van der Waals surface area contributed by atoms with E-state index in [0.29, 0.717) is 18.8 Å². The van der Waals surface area contributed by atoms with Crippen molar-refractivity contribution in [3.63, 3.8) is 0 Å². The van der Waals surface area contributed by atoms with Crippen LogP contribution in [-0.2, 0) is 33.3 Å². The number of allylic oxidation sites excluding steroid dienone is 2. The molecule has 7 N–H and O–H groups in total. The summed E-state index contributed by atoms with van der Waals surface area (Å²) in [7, 11) is 0. The largest absolute Gasteiger partial charge is 0.481 e. The SMILES string of the molecule is CC(=O)OC[C@H]1O[C@@H](O[C@@H]2[C@@H](O)[C@H](O[C@H]3CC[C@]4(C)[C@H]5CC=C6[C@@H]7CC(C)(C)CC[C@]7(C(=O)O)CC[C@@]6(C)[C@]5(C)CC[C@H]4C3(C)C)O[C@H](CO)[C@H]2O)[C@H](O)[C@@H](O)[C@@H]1O. The van der Waals surface area contributed by atoms with Crippen LogP contribution in [0.25, 0.3) is 0 Å². The zero-order valence-corrected chi connectivity index (χ0v) is 35.6. The Labute approximate surface area is 342 Å². The summed E-state index contributed by atoms with van der Waals surface area (Å²) in [5, 5.41) is 75.6. The highest BCUT2D eigenvalue weighted by atomic mass is 16.7. The van der Waals surface area contributed by atoms with Crippen molar-refractivity contribution >= 4 is 11.9 Å². The summed E-state index contributed by atoms with van der Waals surface area (Å²) in [4.78, 5) is 24.5. The van der Waals surface area contributed by atoms with Crippen molar-refractivity contribution in [2.75, 3.05) is 13.2 Å². The van der Waals surface area contributed by atoms with Crippen LogP contribution in [0.15, 0.2) is 11.6 Å². The third kappa shape index (κ3) is 6.82. The Kier molecular flexibility index (Phi) is 11.7. The Hall–Kier alpha value is -1.72. The molecule has 7 rings (SSSR count). The topological polar surface area (TPSA) is 222 Å². The molecule has 0 radical (unpaired) electrons. The van der Waals surface area contributed by atoms with Crippen LogP contribution < -0.4 is 0 Å². The number of rotatable bonds is 8. The maximum atomic E-state index is 13.1. The zero-order chi connectivity index (χ0) is 42.5. The highest BCUT2D eigenvalue weighted by molar-refractivity contribution is 5.76. The van der Waals surface area contributed by atoms with Gasteiger partial charge >= 0.3 is 11.9 Å². The van der Waals surface area contributed by atoms with E-state index in [1.165, 1.54) is 12.5 Å². The number of aliphatic hydroxyl groups excluding tert-OH is 6. The van der Waals surface area contributed by atoms with E-state index in [1.807, 2.05) is 0 Å². The number of carbonyl (C=O) groups is 2. The van der Waals surface area contributed by atoms with Crippen LogP contribution in [0.4, 0.5) is 0 Å². The normalized spacial score (nSPS) is 50.9. The number of aliphatic carboxylic acids is 1. The van der Waals surface area contributed by atoms with Gasteiger partial charge in [0.2, 0.25) is 0 Å². The number of carboxylic acids is 1. The van der Waals surface area contributed by atoms with Crippen LogP contribution in [0.3, 0.4) is 0 Å². The maximum Gasteiger partial charge on any atom is 0.310 e. The predicted molar refractivity (Wildman–Crippen MR) is 207 cm³/mol. The summed E-state index contributed by atoms with van der Waals surface area (Å²) >= 11 is 0. The van der Waals surface area contributed by atoms with E-state index in [9.17, 15) is 45.3 Å². The van der Waals surface area contributed by atoms with Gasteiger partial charge in [-0.1, -0.05) is 60.1 Å². The standard InChI is InChI=1S/C44H70O14/c1-22(46)54-21-26-30(47)32(49)33(50)36(56-26)58-35-31(48)25(20-45)55-37(34(35)51)57-29-12-13-41(6)27(40(29,4)5)11-14-43(8)28(41)10-9-23-24-19-39(2,3)15-17-44(24,38(52)53)18-16-42(23,43)7/h9,24-37,45,47-51H,10-21H2,1-8H3,(H,52,53)/t24-,25+,26+,27-,28+,29-,30+,31+,32-,33+,34+,35-,36-,37-,41-,42+,43+,44-/m0/s1. The number of fused-ring (bicyclic) bond motifs is 7.